The van der Waals surface area contributed by atoms with Gasteiger partial charge in [-0.3, -0.25) is 0 Å². The fraction of sp³-hybridized carbons (Fsp3) is 0.143. The van der Waals surface area contributed by atoms with Crippen LogP contribution in [-0.4, -0.2) is 6.71 Å². The molecular weight excluding hydrogens is 529 g/mol. The SMILES string of the molecule is CC(C)c1ccccc1N1c2cc(-c3cccc(-c4ccccc4)c3)cc3c2B(c2ccccc2-3)c2cccc(C(C)C)c21. The van der Waals surface area contributed by atoms with Gasteiger partial charge in [-0.05, 0) is 91.5 Å². The van der Waals surface area contributed by atoms with E-state index in [-0.39, 0.29) is 6.71 Å². The van der Waals surface area contributed by atoms with E-state index in [1.165, 1.54) is 78.0 Å². The molecule has 0 saturated carbocycles. The molecule has 212 valence electrons. The molecule has 6 aromatic carbocycles. The van der Waals surface area contributed by atoms with Crippen LogP contribution in [0.15, 0.2) is 133 Å². The monoisotopic (exact) mass is 565 g/mol. The highest BCUT2D eigenvalue weighted by atomic mass is 15.2. The molecule has 0 aromatic heterocycles. The van der Waals surface area contributed by atoms with Gasteiger partial charge in [-0.2, -0.15) is 0 Å². The second-order valence-electron chi connectivity index (χ2n) is 12.9. The highest BCUT2D eigenvalue weighted by Gasteiger charge is 2.43. The van der Waals surface area contributed by atoms with Crippen molar-refractivity contribution in [2.75, 3.05) is 4.90 Å². The molecule has 0 amide bonds. The van der Waals surface area contributed by atoms with E-state index >= 15 is 0 Å². The summed E-state index contributed by atoms with van der Waals surface area (Å²) in [5, 5.41) is 0. The van der Waals surface area contributed by atoms with Gasteiger partial charge in [0.2, 0.25) is 6.71 Å². The minimum absolute atomic E-state index is 0.220. The van der Waals surface area contributed by atoms with E-state index in [4.69, 9.17) is 0 Å². The van der Waals surface area contributed by atoms with Crippen LogP contribution in [0.3, 0.4) is 0 Å². The van der Waals surface area contributed by atoms with Crippen LogP contribution in [-0.2, 0) is 0 Å². The first kappa shape index (κ1) is 26.8. The van der Waals surface area contributed by atoms with Gasteiger partial charge in [0.05, 0.1) is 0 Å². The smallest absolute Gasteiger partial charge is 0.248 e. The van der Waals surface area contributed by atoms with Crippen molar-refractivity contribution in [3.63, 3.8) is 0 Å². The highest BCUT2D eigenvalue weighted by Crippen LogP contribution is 2.47. The molecule has 0 aliphatic carbocycles. The van der Waals surface area contributed by atoms with E-state index in [1.807, 2.05) is 0 Å². The van der Waals surface area contributed by atoms with Crippen molar-refractivity contribution in [1.29, 1.82) is 0 Å². The van der Waals surface area contributed by atoms with Gasteiger partial charge in [0.15, 0.2) is 0 Å². The summed E-state index contributed by atoms with van der Waals surface area (Å²) < 4.78 is 0. The average molecular weight is 566 g/mol. The Labute approximate surface area is 261 Å². The molecule has 2 heteroatoms. The van der Waals surface area contributed by atoms with Gasteiger partial charge in [0.1, 0.15) is 0 Å². The first-order valence-electron chi connectivity index (χ1n) is 16.0. The molecular formula is C42H36BN. The number of hydrogen-bond donors (Lipinski definition) is 0. The zero-order chi connectivity index (χ0) is 29.9. The predicted molar refractivity (Wildman–Crippen MR) is 190 cm³/mol. The molecule has 0 fully saturated rings. The zero-order valence-electron chi connectivity index (χ0n) is 25.9. The molecule has 8 rings (SSSR count). The molecule has 0 N–H and O–H groups in total. The normalized spacial score (nSPS) is 12.9. The third kappa shape index (κ3) is 4.08. The minimum Gasteiger partial charge on any atom is -0.311 e. The van der Waals surface area contributed by atoms with Crippen molar-refractivity contribution in [3.05, 3.63) is 145 Å². The summed E-state index contributed by atoms with van der Waals surface area (Å²) in [6, 6.07) is 49.8. The van der Waals surface area contributed by atoms with Gasteiger partial charge >= 0.3 is 0 Å². The Hall–Kier alpha value is -4.82. The van der Waals surface area contributed by atoms with Gasteiger partial charge in [-0.15, -0.1) is 0 Å². The largest absolute Gasteiger partial charge is 0.311 e. The maximum absolute atomic E-state index is 2.62. The quantitative estimate of drug-likeness (QED) is 0.188. The van der Waals surface area contributed by atoms with Crippen LogP contribution in [0.1, 0.15) is 50.7 Å². The second kappa shape index (κ2) is 10.4. The van der Waals surface area contributed by atoms with Crippen molar-refractivity contribution in [3.8, 4) is 33.4 Å². The van der Waals surface area contributed by atoms with E-state index < -0.39 is 0 Å². The summed E-state index contributed by atoms with van der Waals surface area (Å²) in [5.74, 6) is 0.789. The van der Waals surface area contributed by atoms with Crippen LogP contribution in [0.25, 0.3) is 33.4 Å². The van der Waals surface area contributed by atoms with E-state index in [2.05, 4.69) is 166 Å². The molecule has 6 aromatic rings. The lowest BCUT2D eigenvalue weighted by atomic mass is 9.37. The van der Waals surface area contributed by atoms with E-state index in [0.717, 1.165) is 0 Å². The lowest BCUT2D eigenvalue weighted by Gasteiger charge is -2.39. The molecule has 2 heterocycles. The topological polar surface area (TPSA) is 3.24 Å². The van der Waals surface area contributed by atoms with E-state index in [1.54, 1.807) is 0 Å². The van der Waals surface area contributed by atoms with Crippen LogP contribution in [0.5, 0.6) is 0 Å². The maximum atomic E-state index is 2.62. The molecule has 0 unspecified atom stereocenters. The fourth-order valence-corrected chi connectivity index (χ4v) is 7.58. The van der Waals surface area contributed by atoms with Crippen LogP contribution in [0, 0.1) is 0 Å². The molecule has 0 atom stereocenters. The minimum atomic E-state index is 0.220. The molecule has 2 aliphatic heterocycles. The van der Waals surface area contributed by atoms with E-state index in [9.17, 15) is 0 Å². The molecule has 0 radical (unpaired) electrons. The summed E-state index contributed by atoms with van der Waals surface area (Å²) in [7, 11) is 0. The summed E-state index contributed by atoms with van der Waals surface area (Å²) in [6.45, 7) is 9.50. The van der Waals surface area contributed by atoms with Crippen molar-refractivity contribution in [1.82, 2.24) is 0 Å². The average Bonchev–Trinajstić information content (AvgIpc) is 3.40. The lowest BCUT2D eigenvalue weighted by molar-refractivity contribution is 0.855. The molecule has 1 nitrogen and oxygen atoms in total. The Bertz CT molecular complexity index is 2040. The van der Waals surface area contributed by atoms with Gasteiger partial charge < -0.3 is 4.90 Å². The predicted octanol–water partition coefficient (Wildman–Crippen LogP) is 9.55. The Morgan fingerprint density at radius 1 is 0.455 bits per heavy atom. The Balaban J connectivity index is 1.46. The Morgan fingerprint density at radius 3 is 1.86 bits per heavy atom. The summed E-state index contributed by atoms with van der Waals surface area (Å²) in [4.78, 5) is 2.62. The highest BCUT2D eigenvalue weighted by molar-refractivity contribution is 7.01. The zero-order valence-corrected chi connectivity index (χ0v) is 25.9. The third-order valence-electron chi connectivity index (χ3n) is 9.61. The van der Waals surface area contributed by atoms with Crippen LogP contribution in [0.2, 0.25) is 0 Å². The van der Waals surface area contributed by atoms with Crippen LogP contribution in [0.4, 0.5) is 17.1 Å². The van der Waals surface area contributed by atoms with Crippen LogP contribution < -0.4 is 21.3 Å². The summed E-state index contributed by atoms with van der Waals surface area (Å²) in [6.07, 6.45) is 0. The first-order valence-corrected chi connectivity index (χ1v) is 16.0. The van der Waals surface area contributed by atoms with Crippen molar-refractivity contribution in [2.24, 2.45) is 0 Å². The van der Waals surface area contributed by atoms with Gasteiger partial charge in [0.25, 0.3) is 0 Å². The first-order chi connectivity index (χ1) is 21.5. The maximum Gasteiger partial charge on any atom is 0.248 e. The van der Waals surface area contributed by atoms with Gasteiger partial charge in [-0.1, -0.05) is 142 Å². The van der Waals surface area contributed by atoms with Gasteiger partial charge in [-0.25, -0.2) is 0 Å². The molecule has 0 spiro atoms. The molecule has 44 heavy (non-hydrogen) atoms. The molecule has 0 saturated heterocycles. The number of para-hydroxylation sites is 2. The summed E-state index contributed by atoms with van der Waals surface area (Å²) >= 11 is 0. The number of benzene rings is 6. The number of nitrogens with zero attached hydrogens (tertiary/aromatic N) is 1. The Kier molecular flexibility index (Phi) is 6.34. The molecule has 2 aliphatic rings. The lowest BCUT2D eigenvalue weighted by Crippen LogP contribution is -2.55. The van der Waals surface area contributed by atoms with Crippen molar-refractivity contribution < 1.29 is 0 Å². The van der Waals surface area contributed by atoms with Gasteiger partial charge in [0, 0.05) is 17.1 Å². The Morgan fingerprint density at radius 2 is 1.07 bits per heavy atom. The van der Waals surface area contributed by atoms with Crippen LogP contribution >= 0.6 is 0 Å². The molecule has 0 bridgehead atoms. The van der Waals surface area contributed by atoms with Crippen molar-refractivity contribution >= 4 is 40.2 Å². The second-order valence-corrected chi connectivity index (χ2v) is 12.9. The fourth-order valence-electron chi connectivity index (χ4n) is 7.58. The summed E-state index contributed by atoms with van der Waals surface area (Å²) in [5.41, 5.74) is 18.7. The third-order valence-corrected chi connectivity index (χ3v) is 9.61. The number of anilines is 3. The van der Waals surface area contributed by atoms with Crippen molar-refractivity contribution in [2.45, 2.75) is 39.5 Å². The number of hydrogen-bond acceptors (Lipinski definition) is 1. The standard InChI is InChI=1S/C42H36BN/c1-27(2)33-18-9-11-23-39(33)44-40-26-32(31-17-12-16-30(24-31)29-14-6-5-7-15-29)25-36-35-19-8-10-21-37(35)43(41(36)40)38-22-13-20-34(28(3)4)42(38)44/h5-28H,1-4H3. The number of rotatable bonds is 5. The number of fused-ring (bicyclic) bond motifs is 5. The van der Waals surface area contributed by atoms with E-state index in [0.29, 0.717) is 11.8 Å².